The number of carbonyl (C=O) groups excluding carboxylic acids is 1. The van der Waals surface area contributed by atoms with Crippen LogP contribution in [0.3, 0.4) is 0 Å². The van der Waals surface area contributed by atoms with Gasteiger partial charge >= 0.3 is 0 Å². The number of hydrogen-bond donors (Lipinski definition) is 2. The van der Waals surface area contributed by atoms with Crippen molar-refractivity contribution < 1.29 is 31.8 Å². The zero-order valence-electron chi connectivity index (χ0n) is 23.8. The van der Waals surface area contributed by atoms with Crippen molar-refractivity contribution in [1.29, 1.82) is 0 Å². The molecule has 1 aromatic carbocycles. The summed E-state index contributed by atoms with van der Waals surface area (Å²) >= 11 is 0. The average Bonchev–Trinajstić information content (AvgIpc) is 3.24. The Bertz CT molecular complexity index is 1010. The van der Waals surface area contributed by atoms with Gasteiger partial charge in [-0.15, -0.1) is 0 Å². The number of nitrogens with one attached hydrogen (secondary N) is 1. The SMILES string of the molecule is C=O.CCC.CNC1C=C(CN=O)C(CN=O)=CC1N.COc1c(C2CO[C@@](C)(C(F)F)C2C)ccc(F)c1F. The van der Waals surface area contributed by atoms with E-state index in [-0.39, 0.29) is 37.5 Å². The molecule has 1 saturated heterocycles. The van der Waals surface area contributed by atoms with Crippen molar-refractivity contribution in [3.05, 3.63) is 62.4 Å². The van der Waals surface area contributed by atoms with Gasteiger partial charge in [0.05, 0.1) is 13.7 Å². The summed E-state index contributed by atoms with van der Waals surface area (Å²) < 4.78 is 63.2. The van der Waals surface area contributed by atoms with E-state index in [4.69, 9.17) is 20.0 Å². The number of ether oxygens (including phenoxy) is 2. The third kappa shape index (κ3) is 9.27. The van der Waals surface area contributed by atoms with E-state index < -0.39 is 35.5 Å². The molecule has 13 heteroatoms. The average molecular weight is 577 g/mol. The largest absolute Gasteiger partial charge is 0.493 e. The fourth-order valence-electron chi connectivity index (χ4n) is 4.21. The van der Waals surface area contributed by atoms with Crippen molar-refractivity contribution in [2.45, 2.75) is 64.1 Å². The van der Waals surface area contributed by atoms with Crippen molar-refractivity contribution in [2.24, 2.45) is 22.0 Å². The van der Waals surface area contributed by atoms with E-state index in [1.54, 1.807) is 20.0 Å². The van der Waals surface area contributed by atoms with Crippen molar-refractivity contribution >= 4 is 6.79 Å². The van der Waals surface area contributed by atoms with Gasteiger partial charge in [-0.25, -0.2) is 13.2 Å². The molecule has 1 fully saturated rings. The van der Waals surface area contributed by atoms with Crippen LogP contribution in [-0.4, -0.2) is 64.8 Å². The summed E-state index contributed by atoms with van der Waals surface area (Å²) in [5.41, 5.74) is 6.01. The van der Waals surface area contributed by atoms with Gasteiger partial charge in [0.1, 0.15) is 25.5 Å². The molecule has 0 spiro atoms. The van der Waals surface area contributed by atoms with Crippen molar-refractivity contribution in [3.63, 3.8) is 0 Å². The number of methoxy groups -OCH3 is 1. The van der Waals surface area contributed by atoms with E-state index in [2.05, 4.69) is 29.5 Å². The number of halogens is 4. The van der Waals surface area contributed by atoms with Crippen molar-refractivity contribution in [3.8, 4) is 5.75 Å². The van der Waals surface area contributed by atoms with Crippen LogP contribution in [0.1, 0.15) is 45.6 Å². The maximum atomic E-state index is 13.7. The highest BCUT2D eigenvalue weighted by Crippen LogP contribution is 2.47. The van der Waals surface area contributed by atoms with Crippen LogP contribution in [0.25, 0.3) is 0 Å². The highest BCUT2D eigenvalue weighted by Gasteiger charge is 2.51. The van der Waals surface area contributed by atoms with Crippen molar-refractivity contribution in [2.75, 3.05) is 33.9 Å². The lowest BCUT2D eigenvalue weighted by molar-refractivity contribution is -0.114. The number of likely N-dealkylation sites (N-methyl/N-ethyl adjacent to an activating group) is 1. The molecule has 1 aliphatic heterocycles. The van der Waals surface area contributed by atoms with Crippen LogP contribution in [0.2, 0.25) is 0 Å². The molecule has 2 aliphatic rings. The zero-order valence-corrected chi connectivity index (χ0v) is 23.8. The number of nitroso groups, excluding NO2 is 2. The molecule has 226 valence electrons. The lowest BCUT2D eigenvalue weighted by atomic mass is 9.80. The minimum atomic E-state index is -2.65. The molecule has 1 aliphatic carbocycles. The number of hydrogen-bond acceptors (Lipinski definition) is 9. The maximum Gasteiger partial charge on any atom is 0.267 e. The minimum Gasteiger partial charge on any atom is -0.493 e. The van der Waals surface area contributed by atoms with Gasteiger partial charge in [0.15, 0.2) is 11.6 Å². The standard InChI is InChI=1S/C14H16F4O2.C9H14N4O2.C3H8.CH2O/c1-7-9(6-20-14(7,2)13(17)18)8-4-5-10(15)11(16)12(8)19-3;1-11-9-3-7(5-13-15)6(4-12-14)2-8(9)10;1-3-2;1-2/h4-5,7,9,13H,6H2,1-3H3;2-3,8-9,11H,4-5,10H2,1H3;3H2,1-2H3;1H2/t7?,9?,14-;;;/m1.../s1. The highest BCUT2D eigenvalue weighted by molar-refractivity contribution is 5.41. The van der Waals surface area contributed by atoms with Crippen LogP contribution < -0.4 is 15.8 Å². The second-order valence-electron chi connectivity index (χ2n) is 9.23. The van der Waals surface area contributed by atoms with Gasteiger partial charge in [-0.1, -0.05) is 55.8 Å². The van der Waals surface area contributed by atoms with E-state index in [0.717, 1.165) is 11.6 Å². The third-order valence-corrected chi connectivity index (χ3v) is 6.60. The van der Waals surface area contributed by atoms with Gasteiger partial charge in [0.2, 0.25) is 5.82 Å². The summed E-state index contributed by atoms with van der Waals surface area (Å²) in [6.45, 7) is 9.29. The molecule has 0 radical (unpaired) electrons. The predicted molar refractivity (Wildman–Crippen MR) is 147 cm³/mol. The Labute approximate surface area is 232 Å². The Morgan fingerprint density at radius 1 is 1.15 bits per heavy atom. The zero-order chi connectivity index (χ0) is 31.0. The first kappa shape index (κ1) is 37.0. The molecule has 5 atom stereocenters. The molecule has 3 N–H and O–H groups in total. The van der Waals surface area contributed by atoms with E-state index in [1.165, 1.54) is 26.5 Å². The summed E-state index contributed by atoms with van der Waals surface area (Å²) in [4.78, 5) is 28.4. The van der Waals surface area contributed by atoms with Crippen LogP contribution in [-0.2, 0) is 9.53 Å². The topological polar surface area (TPSA) is 132 Å². The lowest BCUT2D eigenvalue weighted by Crippen LogP contribution is -2.43. The molecule has 40 heavy (non-hydrogen) atoms. The Morgan fingerprint density at radius 3 is 2.10 bits per heavy atom. The van der Waals surface area contributed by atoms with Gasteiger partial charge < -0.3 is 25.3 Å². The number of nitrogens with two attached hydrogens (primary N) is 1. The molecule has 1 heterocycles. The Balaban J connectivity index is 0.000000675. The maximum absolute atomic E-state index is 13.7. The van der Waals surface area contributed by atoms with Crippen LogP contribution in [0.5, 0.6) is 5.75 Å². The fraction of sp³-hybridized carbons (Fsp3) is 0.593. The fourth-order valence-corrected chi connectivity index (χ4v) is 4.21. The van der Waals surface area contributed by atoms with E-state index in [1.807, 2.05) is 12.9 Å². The van der Waals surface area contributed by atoms with E-state index in [0.29, 0.717) is 11.1 Å². The van der Waals surface area contributed by atoms with Gasteiger partial charge in [0.25, 0.3) is 6.43 Å². The van der Waals surface area contributed by atoms with Crippen molar-refractivity contribution in [1.82, 2.24) is 5.32 Å². The Morgan fingerprint density at radius 2 is 1.68 bits per heavy atom. The van der Waals surface area contributed by atoms with Crippen LogP contribution in [0.15, 0.2) is 45.8 Å². The first-order chi connectivity index (χ1) is 19.0. The summed E-state index contributed by atoms with van der Waals surface area (Å²) in [6, 6.07) is 2.09. The number of nitrogens with zero attached hydrogens (tertiary/aromatic N) is 2. The molecule has 0 aromatic heterocycles. The lowest BCUT2D eigenvalue weighted by Gasteiger charge is -2.29. The summed E-state index contributed by atoms with van der Waals surface area (Å²) in [7, 11) is 3.00. The highest BCUT2D eigenvalue weighted by atomic mass is 19.3. The Hall–Kier alpha value is -3.03. The molecule has 1 aromatic rings. The summed E-state index contributed by atoms with van der Waals surface area (Å²) in [5.74, 6) is -3.42. The van der Waals surface area contributed by atoms with Gasteiger partial charge in [-0.05, 0) is 37.1 Å². The smallest absolute Gasteiger partial charge is 0.267 e. The molecule has 9 nitrogen and oxygen atoms in total. The molecule has 0 saturated carbocycles. The first-order valence-corrected chi connectivity index (χ1v) is 12.6. The van der Waals surface area contributed by atoms with Gasteiger partial charge in [-0.2, -0.15) is 14.2 Å². The predicted octanol–water partition coefficient (Wildman–Crippen LogP) is 5.28. The van der Waals surface area contributed by atoms with E-state index in [9.17, 15) is 27.4 Å². The first-order valence-electron chi connectivity index (χ1n) is 12.6. The third-order valence-electron chi connectivity index (χ3n) is 6.60. The second kappa shape index (κ2) is 18.3. The monoisotopic (exact) mass is 576 g/mol. The second-order valence-corrected chi connectivity index (χ2v) is 9.23. The number of alkyl halides is 2. The number of rotatable bonds is 8. The van der Waals surface area contributed by atoms with Crippen LogP contribution in [0, 0.1) is 27.4 Å². The molecular weight excluding hydrogens is 536 g/mol. The molecular formula is C27H40F4N4O5. The molecule has 4 unspecified atom stereocenters. The Kier molecular flexibility index (Phi) is 17.0. The summed E-state index contributed by atoms with van der Waals surface area (Å²) in [5, 5.41) is 8.62. The quantitative estimate of drug-likeness (QED) is 0.318. The summed E-state index contributed by atoms with van der Waals surface area (Å²) in [6.07, 6.45) is 2.18. The number of carbonyl (C=O) groups is 1. The molecule has 0 bridgehead atoms. The van der Waals surface area contributed by atoms with Crippen LogP contribution in [0.4, 0.5) is 17.6 Å². The van der Waals surface area contributed by atoms with Gasteiger partial charge in [0, 0.05) is 23.6 Å². The van der Waals surface area contributed by atoms with Gasteiger partial charge in [-0.3, -0.25) is 0 Å². The van der Waals surface area contributed by atoms with E-state index >= 15 is 0 Å². The number of benzene rings is 1. The molecule has 3 rings (SSSR count). The minimum absolute atomic E-state index is 0.0173. The molecule has 0 amide bonds. The normalized spacial score (nSPS) is 25.1. The van der Waals surface area contributed by atoms with Crippen LogP contribution >= 0.6 is 0 Å².